The van der Waals surface area contributed by atoms with Gasteiger partial charge < -0.3 is 15.2 Å². The van der Waals surface area contributed by atoms with E-state index in [1.807, 2.05) is 30.5 Å². The molecule has 3 aromatic rings. The second-order valence-corrected chi connectivity index (χ2v) is 6.77. The molecule has 2 heterocycles. The Balaban J connectivity index is 1.92. The molecule has 5 nitrogen and oxygen atoms in total. The van der Waals surface area contributed by atoms with E-state index in [2.05, 4.69) is 21.4 Å². The van der Waals surface area contributed by atoms with Crippen molar-refractivity contribution in [2.24, 2.45) is 5.73 Å². The van der Waals surface area contributed by atoms with Crippen molar-refractivity contribution in [3.05, 3.63) is 70.4 Å². The number of hydrogen-bond acceptors (Lipinski definition) is 4. The molecule has 2 N–H and O–H groups in total. The lowest BCUT2D eigenvalue weighted by Crippen LogP contribution is -2.20. The van der Waals surface area contributed by atoms with Crippen LogP contribution in [0.5, 0.6) is 0 Å². The first kappa shape index (κ1) is 18.5. The van der Waals surface area contributed by atoms with Crippen molar-refractivity contribution in [3.63, 3.8) is 0 Å². The van der Waals surface area contributed by atoms with Gasteiger partial charge in [-0.15, -0.1) is 0 Å². The molecule has 0 aliphatic heterocycles. The van der Waals surface area contributed by atoms with E-state index in [0.29, 0.717) is 23.1 Å². The van der Waals surface area contributed by atoms with Gasteiger partial charge in [-0.05, 0) is 30.2 Å². The van der Waals surface area contributed by atoms with E-state index in [0.717, 1.165) is 35.5 Å². The molecule has 0 atom stereocenters. The van der Waals surface area contributed by atoms with E-state index in [4.69, 9.17) is 33.9 Å². The SMILES string of the molecule is CCCn1c(CN(/C=C\N)Cc2cccc(Cl)c2Cl)nc2cccnc21. The fraction of sp³-hybridized carbons (Fsp3) is 0.263. The van der Waals surface area contributed by atoms with Crippen LogP contribution in [0.1, 0.15) is 24.7 Å². The minimum Gasteiger partial charge on any atom is -0.403 e. The van der Waals surface area contributed by atoms with Gasteiger partial charge in [-0.1, -0.05) is 42.3 Å². The highest BCUT2D eigenvalue weighted by Crippen LogP contribution is 2.27. The number of aryl methyl sites for hydroxylation is 1. The molecule has 3 rings (SSSR count). The predicted molar refractivity (Wildman–Crippen MR) is 107 cm³/mol. The number of rotatable bonds is 7. The van der Waals surface area contributed by atoms with Crippen molar-refractivity contribution in [2.75, 3.05) is 0 Å². The Morgan fingerprint density at radius 2 is 2.04 bits per heavy atom. The maximum Gasteiger partial charge on any atom is 0.160 e. The molecule has 1 aromatic carbocycles. The van der Waals surface area contributed by atoms with Crippen LogP contribution in [0, 0.1) is 0 Å². The first-order valence-corrected chi connectivity index (χ1v) is 9.25. The second kappa shape index (κ2) is 8.43. The van der Waals surface area contributed by atoms with Gasteiger partial charge in [0.2, 0.25) is 0 Å². The van der Waals surface area contributed by atoms with Crippen LogP contribution in [0.25, 0.3) is 11.2 Å². The van der Waals surface area contributed by atoms with E-state index in [1.165, 1.54) is 6.20 Å². The van der Waals surface area contributed by atoms with Crippen LogP contribution in [0.15, 0.2) is 48.9 Å². The number of fused-ring (bicyclic) bond motifs is 1. The molecule has 0 radical (unpaired) electrons. The Bertz CT molecular complexity index is 919. The van der Waals surface area contributed by atoms with Gasteiger partial charge >= 0.3 is 0 Å². The van der Waals surface area contributed by atoms with Crippen LogP contribution in [-0.2, 0) is 19.6 Å². The average molecular weight is 390 g/mol. The molecule has 0 aliphatic rings. The maximum absolute atomic E-state index is 6.34. The van der Waals surface area contributed by atoms with Crippen LogP contribution in [-0.4, -0.2) is 19.4 Å². The highest BCUT2D eigenvalue weighted by Gasteiger charge is 2.15. The number of halogens is 2. The quantitative estimate of drug-likeness (QED) is 0.642. The summed E-state index contributed by atoms with van der Waals surface area (Å²) in [6.07, 6.45) is 6.15. The second-order valence-electron chi connectivity index (χ2n) is 5.99. The third kappa shape index (κ3) is 3.94. The Morgan fingerprint density at radius 3 is 2.81 bits per heavy atom. The fourth-order valence-corrected chi connectivity index (χ4v) is 3.32. The van der Waals surface area contributed by atoms with Crippen LogP contribution >= 0.6 is 23.2 Å². The number of pyridine rings is 1. The van der Waals surface area contributed by atoms with Gasteiger partial charge in [0.05, 0.1) is 16.6 Å². The van der Waals surface area contributed by atoms with Crippen molar-refractivity contribution < 1.29 is 0 Å². The summed E-state index contributed by atoms with van der Waals surface area (Å²) in [5, 5.41) is 1.11. The van der Waals surface area contributed by atoms with Crippen LogP contribution < -0.4 is 5.73 Å². The van der Waals surface area contributed by atoms with Gasteiger partial charge in [0.15, 0.2) is 5.65 Å². The minimum atomic E-state index is 0.545. The van der Waals surface area contributed by atoms with Crippen molar-refractivity contribution >= 4 is 34.4 Å². The summed E-state index contributed by atoms with van der Waals surface area (Å²) >= 11 is 12.5. The number of benzene rings is 1. The van der Waals surface area contributed by atoms with Gasteiger partial charge in [0, 0.05) is 31.7 Å². The Morgan fingerprint density at radius 1 is 1.19 bits per heavy atom. The third-order valence-electron chi connectivity index (χ3n) is 4.08. The van der Waals surface area contributed by atoms with Gasteiger partial charge in [-0.25, -0.2) is 9.97 Å². The average Bonchev–Trinajstić information content (AvgIpc) is 2.97. The molecular formula is C19H21Cl2N5. The summed E-state index contributed by atoms with van der Waals surface area (Å²) in [5.74, 6) is 0.941. The molecule has 136 valence electrons. The van der Waals surface area contributed by atoms with E-state index >= 15 is 0 Å². The molecule has 7 heteroatoms. The summed E-state index contributed by atoms with van der Waals surface area (Å²) in [7, 11) is 0. The highest BCUT2D eigenvalue weighted by molar-refractivity contribution is 6.42. The summed E-state index contributed by atoms with van der Waals surface area (Å²) in [4.78, 5) is 11.3. The molecule has 0 aliphatic carbocycles. The highest BCUT2D eigenvalue weighted by atomic mass is 35.5. The molecule has 0 saturated heterocycles. The largest absolute Gasteiger partial charge is 0.403 e. The van der Waals surface area contributed by atoms with Crippen molar-refractivity contribution in [2.45, 2.75) is 33.0 Å². The molecule has 26 heavy (non-hydrogen) atoms. The number of nitrogens with zero attached hydrogens (tertiary/aromatic N) is 4. The van der Waals surface area contributed by atoms with E-state index in [1.54, 1.807) is 12.3 Å². The first-order chi connectivity index (χ1) is 12.6. The van der Waals surface area contributed by atoms with Crippen LogP contribution in [0.3, 0.4) is 0 Å². The van der Waals surface area contributed by atoms with Crippen LogP contribution in [0.2, 0.25) is 10.0 Å². The lowest BCUT2D eigenvalue weighted by molar-refractivity contribution is 0.344. The molecule has 0 unspecified atom stereocenters. The summed E-state index contributed by atoms with van der Waals surface area (Å²) in [5.41, 5.74) is 8.40. The summed E-state index contributed by atoms with van der Waals surface area (Å²) in [6.45, 7) is 4.17. The number of aromatic nitrogens is 3. The van der Waals surface area contributed by atoms with Crippen molar-refractivity contribution in [3.8, 4) is 0 Å². The number of hydrogen-bond donors (Lipinski definition) is 1. The van der Waals surface area contributed by atoms with E-state index in [-0.39, 0.29) is 0 Å². The van der Waals surface area contributed by atoms with Gasteiger partial charge in [-0.3, -0.25) is 0 Å². The zero-order valence-electron chi connectivity index (χ0n) is 14.6. The topological polar surface area (TPSA) is 60.0 Å². The smallest absolute Gasteiger partial charge is 0.160 e. The van der Waals surface area contributed by atoms with E-state index in [9.17, 15) is 0 Å². The zero-order valence-corrected chi connectivity index (χ0v) is 16.1. The van der Waals surface area contributed by atoms with Crippen molar-refractivity contribution in [1.29, 1.82) is 0 Å². The Hall–Kier alpha value is -2.24. The first-order valence-electron chi connectivity index (χ1n) is 8.49. The normalized spacial score (nSPS) is 11.5. The van der Waals surface area contributed by atoms with Gasteiger partial charge in [-0.2, -0.15) is 0 Å². The number of imidazole rings is 1. The molecular weight excluding hydrogens is 369 g/mol. The lowest BCUT2D eigenvalue weighted by atomic mass is 10.2. The Kier molecular flexibility index (Phi) is 6.01. The third-order valence-corrected chi connectivity index (χ3v) is 4.93. The fourth-order valence-electron chi connectivity index (χ4n) is 2.94. The minimum absolute atomic E-state index is 0.545. The standard InChI is InChI=1S/C19H21Cl2N5/c1-2-10-26-17(24-16-7-4-9-23-19(16)26)13-25(11-8-22)12-14-5-3-6-15(20)18(14)21/h3-9,11H,2,10,12-13,22H2,1H3/b11-8-. The summed E-state index contributed by atoms with van der Waals surface area (Å²) < 4.78 is 2.16. The predicted octanol–water partition coefficient (Wildman–Crippen LogP) is 4.58. The molecule has 0 bridgehead atoms. The lowest BCUT2D eigenvalue weighted by Gasteiger charge is -2.21. The summed E-state index contributed by atoms with van der Waals surface area (Å²) in [6, 6.07) is 9.52. The molecule has 0 saturated carbocycles. The van der Waals surface area contributed by atoms with Crippen molar-refractivity contribution in [1.82, 2.24) is 19.4 Å². The molecule has 0 amide bonds. The van der Waals surface area contributed by atoms with Gasteiger partial charge in [0.25, 0.3) is 0 Å². The molecule has 2 aromatic heterocycles. The number of nitrogens with two attached hydrogens (primary N) is 1. The monoisotopic (exact) mass is 389 g/mol. The Labute approximate surface area is 163 Å². The van der Waals surface area contributed by atoms with E-state index < -0.39 is 0 Å². The maximum atomic E-state index is 6.34. The van der Waals surface area contributed by atoms with Gasteiger partial charge in [0.1, 0.15) is 11.3 Å². The molecule has 0 fully saturated rings. The molecule has 0 spiro atoms. The van der Waals surface area contributed by atoms with Crippen LogP contribution in [0.4, 0.5) is 0 Å². The zero-order chi connectivity index (χ0) is 18.5.